The van der Waals surface area contributed by atoms with Crippen LogP contribution in [0.15, 0.2) is 0 Å². The molecule has 4 aliphatic carbocycles. The average molecular weight is 436 g/mol. The first-order chi connectivity index (χ1) is 15.0. The largest absolute Gasteiger partial charge is 0.469 e. The molecule has 0 aromatic heterocycles. The van der Waals surface area contributed by atoms with Crippen LogP contribution < -0.4 is 5.32 Å². The van der Waals surface area contributed by atoms with E-state index >= 15 is 0 Å². The minimum absolute atomic E-state index is 0.104. The molecule has 4 saturated carbocycles. The van der Waals surface area contributed by atoms with Crippen molar-refractivity contribution in [1.82, 2.24) is 5.32 Å². The van der Waals surface area contributed by atoms with E-state index in [4.69, 9.17) is 0 Å². The topological polar surface area (TPSA) is 75.6 Å². The lowest BCUT2D eigenvalue weighted by Gasteiger charge is -2.57. The van der Waals surface area contributed by atoms with Crippen molar-refractivity contribution < 1.29 is 19.4 Å². The number of aliphatic hydroxyl groups is 1. The van der Waals surface area contributed by atoms with Crippen LogP contribution in [0.3, 0.4) is 0 Å². The van der Waals surface area contributed by atoms with Crippen molar-refractivity contribution >= 4 is 11.9 Å². The molecule has 5 nitrogen and oxygen atoms in total. The SMILES string of the molecule is COC(=O)CCCCCCCCCCCNC(=O)C(O)CC12CC3CC(CC(C3)C1)C2. The van der Waals surface area contributed by atoms with Gasteiger partial charge in [0.15, 0.2) is 0 Å². The summed E-state index contributed by atoms with van der Waals surface area (Å²) in [6, 6.07) is 0. The van der Waals surface area contributed by atoms with Gasteiger partial charge in [0, 0.05) is 13.0 Å². The Kier molecular flexibility index (Phi) is 9.68. The lowest BCUT2D eigenvalue weighted by atomic mass is 9.48. The molecule has 5 heteroatoms. The highest BCUT2D eigenvalue weighted by Crippen LogP contribution is 2.61. The molecule has 0 aromatic rings. The van der Waals surface area contributed by atoms with Gasteiger partial charge in [-0.25, -0.2) is 0 Å². The van der Waals surface area contributed by atoms with E-state index in [1.807, 2.05) is 0 Å². The van der Waals surface area contributed by atoms with E-state index in [-0.39, 0.29) is 17.3 Å². The molecule has 1 unspecified atom stereocenters. The highest BCUT2D eigenvalue weighted by molar-refractivity contribution is 5.80. The molecule has 0 radical (unpaired) electrons. The molecular weight excluding hydrogens is 390 g/mol. The molecular formula is C26H45NO4. The Morgan fingerprint density at radius 2 is 1.35 bits per heavy atom. The van der Waals surface area contributed by atoms with Gasteiger partial charge >= 0.3 is 5.97 Å². The van der Waals surface area contributed by atoms with Crippen molar-refractivity contribution in [3.05, 3.63) is 0 Å². The van der Waals surface area contributed by atoms with Gasteiger partial charge in [-0.2, -0.15) is 0 Å². The number of carbonyl (C=O) groups excluding carboxylic acids is 2. The normalized spacial score (nSPS) is 29.7. The minimum Gasteiger partial charge on any atom is -0.469 e. The number of unbranched alkanes of at least 4 members (excludes halogenated alkanes) is 8. The second kappa shape index (κ2) is 12.2. The first-order valence-corrected chi connectivity index (χ1v) is 13.0. The zero-order valence-corrected chi connectivity index (χ0v) is 19.7. The Labute approximate surface area is 189 Å². The van der Waals surface area contributed by atoms with Gasteiger partial charge in [0.05, 0.1) is 7.11 Å². The number of ether oxygens (including phenoxy) is 1. The molecule has 0 aromatic carbocycles. The van der Waals surface area contributed by atoms with Gasteiger partial charge in [0.1, 0.15) is 6.10 Å². The molecule has 0 spiro atoms. The summed E-state index contributed by atoms with van der Waals surface area (Å²) in [4.78, 5) is 23.4. The average Bonchev–Trinajstić information content (AvgIpc) is 2.72. The number of amides is 1. The van der Waals surface area contributed by atoms with E-state index in [1.54, 1.807) is 0 Å². The lowest BCUT2D eigenvalue weighted by Crippen LogP contribution is -2.49. The van der Waals surface area contributed by atoms with Crippen molar-refractivity contribution in [2.75, 3.05) is 13.7 Å². The van der Waals surface area contributed by atoms with Crippen LogP contribution in [0.4, 0.5) is 0 Å². The summed E-state index contributed by atoms with van der Waals surface area (Å²) in [5, 5.41) is 13.5. The third-order valence-corrected chi connectivity index (χ3v) is 8.18. The minimum atomic E-state index is -0.824. The highest BCUT2D eigenvalue weighted by Gasteiger charge is 2.51. The van der Waals surface area contributed by atoms with Gasteiger partial charge in [-0.3, -0.25) is 9.59 Å². The maximum atomic E-state index is 12.4. The van der Waals surface area contributed by atoms with Crippen LogP contribution in [0.25, 0.3) is 0 Å². The van der Waals surface area contributed by atoms with Crippen LogP contribution in [0.5, 0.6) is 0 Å². The summed E-state index contributed by atoms with van der Waals surface area (Å²) in [6.45, 7) is 0.685. The molecule has 4 bridgehead atoms. The predicted octanol–water partition coefficient (Wildman–Crippen LogP) is 5.14. The van der Waals surface area contributed by atoms with Crippen LogP contribution in [0.2, 0.25) is 0 Å². The molecule has 4 aliphatic rings. The number of aliphatic hydroxyl groups excluding tert-OH is 1. The Morgan fingerprint density at radius 1 is 0.871 bits per heavy atom. The molecule has 0 aliphatic heterocycles. The van der Waals surface area contributed by atoms with Crippen molar-refractivity contribution in [2.24, 2.45) is 23.2 Å². The van der Waals surface area contributed by atoms with E-state index in [0.717, 1.165) is 43.4 Å². The van der Waals surface area contributed by atoms with Crippen molar-refractivity contribution in [2.45, 2.75) is 115 Å². The fourth-order valence-corrected chi connectivity index (χ4v) is 7.11. The van der Waals surface area contributed by atoms with Crippen molar-refractivity contribution in [1.29, 1.82) is 0 Å². The van der Waals surface area contributed by atoms with E-state index in [2.05, 4.69) is 10.1 Å². The van der Waals surface area contributed by atoms with Crippen molar-refractivity contribution in [3.8, 4) is 0 Å². The van der Waals surface area contributed by atoms with Crippen LogP contribution >= 0.6 is 0 Å². The second-order valence-electron chi connectivity index (χ2n) is 10.9. The number of hydrogen-bond acceptors (Lipinski definition) is 4. The molecule has 178 valence electrons. The molecule has 31 heavy (non-hydrogen) atoms. The van der Waals surface area contributed by atoms with E-state index < -0.39 is 6.10 Å². The number of esters is 1. The molecule has 0 saturated heterocycles. The first-order valence-electron chi connectivity index (χ1n) is 13.0. The molecule has 1 amide bonds. The van der Waals surface area contributed by atoms with Gasteiger partial charge < -0.3 is 15.2 Å². The maximum Gasteiger partial charge on any atom is 0.305 e. The smallest absolute Gasteiger partial charge is 0.305 e. The molecule has 2 N–H and O–H groups in total. The van der Waals surface area contributed by atoms with Crippen LogP contribution in [0.1, 0.15) is 109 Å². The molecule has 1 atom stereocenters. The molecule has 0 heterocycles. The van der Waals surface area contributed by atoms with Gasteiger partial charge in [-0.15, -0.1) is 0 Å². The third kappa shape index (κ3) is 7.76. The van der Waals surface area contributed by atoms with Gasteiger partial charge in [0.25, 0.3) is 0 Å². The standard InChI is InChI=1S/C26H45NO4/c1-31-24(29)11-9-7-5-3-2-4-6-8-10-12-27-25(30)23(28)19-26-16-20-13-21(17-26)15-22(14-20)18-26/h20-23,28H,2-19H2,1H3,(H,27,30). The Bertz CT molecular complexity index is 540. The maximum absolute atomic E-state index is 12.4. The van der Waals surface area contributed by atoms with E-state index in [0.29, 0.717) is 19.4 Å². The van der Waals surface area contributed by atoms with Gasteiger partial charge in [-0.1, -0.05) is 44.9 Å². The predicted molar refractivity (Wildman–Crippen MR) is 122 cm³/mol. The number of nitrogens with one attached hydrogen (secondary N) is 1. The van der Waals surface area contributed by atoms with Gasteiger partial charge in [0.2, 0.25) is 5.91 Å². The number of rotatable bonds is 15. The van der Waals surface area contributed by atoms with Gasteiger partial charge in [-0.05, 0) is 81.0 Å². The second-order valence-corrected chi connectivity index (χ2v) is 10.9. The van der Waals surface area contributed by atoms with Crippen LogP contribution in [-0.2, 0) is 14.3 Å². The fraction of sp³-hybridized carbons (Fsp3) is 0.923. The first kappa shape index (κ1) is 24.5. The summed E-state index contributed by atoms with van der Waals surface area (Å²) in [6.07, 6.45) is 18.6. The fourth-order valence-electron chi connectivity index (χ4n) is 7.11. The quantitative estimate of drug-likeness (QED) is 0.276. The van der Waals surface area contributed by atoms with Crippen LogP contribution in [0, 0.1) is 23.2 Å². The summed E-state index contributed by atoms with van der Waals surface area (Å²) >= 11 is 0. The summed E-state index contributed by atoms with van der Waals surface area (Å²) in [5.41, 5.74) is 0.255. The van der Waals surface area contributed by atoms with E-state index in [9.17, 15) is 14.7 Å². The Morgan fingerprint density at radius 3 is 1.87 bits per heavy atom. The summed E-state index contributed by atoms with van der Waals surface area (Å²) < 4.78 is 4.65. The molecule has 4 rings (SSSR count). The zero-order chi connectivity index (χ0) is 22.1. The highest BCUT2D eigenvalue weighted by atomic mass is 16.5. The number of methoxy groups -OCH3 is 1. The number of carbonyl (C=O) groups is 2. The summed E-state index contributed by atoms with van der Waals surface area (Å²) in [5.74, 6) is 2.33. The van der Waals surface area contributed by atoms with Crippen molar-refractivity contribution in [3.63, 3.8) is 0 Å². The monoisotopic (exact) mass is 435 g/mol. The molecule has 4 fully saturated rings. The van der Waals surface area contributed by atoms with Crippen LogP contribution in [-0.4, -0.2) is 36.7 Å². The van der Waals surface area contributed by atoms with E-state index in [1.165, 1.54) is 77.7 Å². The third-order valence-electron chi connectivity index (χ3n) is 8.18. The number of hydrogen-bond donors (Lipinski definition) is 2. The Balaban J connectivity index is 1.16. The Hall–Kier alpha value is -1.10. The summed E-state index contributed by atoms with van der Waals surface area (Å²) in [7, 11) is 1.44. The lowest BCUT2D eigenvalue weighted by molar-refractivity contribution is -0.140. The zero-order valence-electron chi connectivity index (χ0n) is 19.7.